The van der Waals surface area contributed by atoms with Crippen molar-refractivity contribution in [3.8, 4) is 5.75 Å². The predicted molar refractivity (Wildman–Crippen MR) is 79.2 cm³/mol. The molecule has 0 amide bonds. The molecule has 3 heteroatoms. The molecule has 0 aliphatic carbocycles. The van der Waals surface area contributed by atoms with Crippen molar-refractivity contribution in [2.24, 2.45) is 0 Å². The van der Waals surface area contributed by atoms with E-state index >= 15 is 0 Å². The molecule has 3 N–H and O–H groups in total. The number of aromatic hydroxyl groups is 1. The smallest absolute Gasteiger partial charge is 0.122 e. The van der Waals surface area contributed by atoms with E-state index in [1.165, 1.54) is 11.1 Å². The van der Waals surface area contributed by atoms with Gasteiger partial charge in [0.1, 0.15) is 5.75 Å². The summed E-state index contributed by atoms with van der Waals surface area (Å²) in [4.78, 5) is 0. The fourth-order valence-electron chi connectivity index (χ4n) is 2.60. The number of hydrogen-bond donors (Lipinski definition) is 3. The second-order valence-electron chi connectivity index (χ2n) is 6.37. The van der Waals surface area contributed by atoms with Crippen LogP contribution in [0.25, 0.3) is 0 Å². The highest BCUT2D eigenvalue weighted by molar-refractivity contribution is 5.51. The molecule has 1 aliphatic heterocycles. The summed E-state index contributed by atoms with van der Waals surface area (Å²) in [6.07, 6.45) is 4.91. The molecule has 1 aliphatic rings. The zero-order chi connectivity index (χ0) is 14.2. The Labute approximate surface area is 115 Å². The van der Waals surface area contributed by atoms with Crippen LogP contribution in [-0.4, -0.2) is 11.3 Å². The highest BCUT2D eigenvalue weighted by Crippen LogP contribution is 2.36. The van der Waals surface area contributed by atoms with Gasteiger partial charge in [0.05, 0.1) is 6.17 Å². The van der Waals surface area contributed by atoms with Crippen LogP contribution in [0.1, 0.15) is 43.0 Å². The summed E-state index contributed by atoms with van der Waals surface area (Å²) in [6.45, 7) is 10.5. The molecular formula is C16H24N2O. The second kappa shape index (κ2) is 4.80. The molecule has 0 radical (unpaired) electrons. The van der Waals surface area contributed by atoms with E-state index < -0.39 is 0 Å². The zero-order valence-corrected chi connectivity index (χ0v) is 12.5. The zero-order valence-electron chi connectivity index (χ0n) is 12.5. The first-order chi connectivity index (χ1) is 8.80. The van der Waals surface area contributed by atoms with Crippen molar-refractivity contribution in [2.45, 2.75) is 52.6 Å². The highest BCUT2D eigenvalue weighted by Gasteiger charge is 2.23. The Hall–Kier alpha value is -1.64. The Morgan fingerprint density at radius 2 is 1.74 bits per heavy atom. The fraction of sp³-hybridized carbons (Fsp3) is 0.500. The van der Waals surface area contributed by atoms with Crippen molar-refractivity contribution in [1.82, 2.24) is 10.6 Å². The molecule has 104 valence electrons. The molecule has 0 fully saturated rings. The van der Waals surface area contributed by atoms with Gasteiger partial charge in [0, 0.05) is 18.8 Å². The minimum atomic E-state index is -0.0381. The maximum absolute atomic E-state index is 10.5. The van der Waals surface area contributed by atoms with E-state index in [2.05, 4.69) is 44.4 Å². The van der Waals surface area contributed by atoms with Crippen molar-refractivity contribution >= 4 is 0 Å². The van der Waals surface area contributed by atoms with Gasteiger partial charge in [0.2, 0.25) is 0 Å². The van der Waals surface area contributed by atoms with E-state index in [9.17, 15) is 5.11 Å². The van der Waals surface area contributed by atoms with Crippen LogP contribution in [0.3, 0.4) is 0 Å². The number of nitrogens with one attached hydrogen (secondary N) is 2. The molecule has 19 heavy (non-hydrogen) atoms. The van der Waals surface area contributed by atoms with Gasteiger partial charge < -0.3 is 15.7 Å². The molecule has 1 heterocycles. The van der Waals surface area contributed by atoms with Crippen molar-refractivity contribution in [3.63, 3.8) is 0 Å². The monoisotopic (exact) mass is 260 g/mol. The second-order valence-corrected chi connectivity index (χ2v) is 6.37. The van der Waals surface area contributed by atoms with Crippen LogP contribution < -0.4 is 10.6 Å². The quantitative estimate of drug-likeness (QED) is 0.766. The molecule has 3 nitrogen and oxygen atoms in total. The van der Waals surface area contributed by atoms with E-state index in [0.717, 1.165) is 17.5 Å². The lowest BCUT2D eigenvalue weighted by molar-refractivity contribution is 0.440. The SMILES string of the molecule is Cc1cc(C(C)(C)C)c(O)c(C)c1CC1NC=CN1. The van der Waals surface area contributed by atoms with Gasteiger partial charge in [-0.1, -0.05) is 26.8 Å². The Morgan fingerprint density at radius 3 is 2.26 bits per heavy atom. The standard InChI is InChI=1S/C16H24N2O/c1-10-8-13(16(3,4)5)15(19)11(2)12(10)9-14-17-6-7-18-14/h6-8,14,17-19H,9H2,1-5H3. The van der Waals surface area contributed by atoms with Gasteiger partial charge in [-0.25, -0.2) is 0 Å². The third-order valence-electron chi connectivity index (χ3n) is 3.79. The number of phenolic OH excluding ortho intramolecular Hbond substituents is 1. The van der Waals surface area contributed by atoms with E-state index in [1.807, 2.05) is 19.3 Å². The molecule has 2 rings (SSSR count). The summed E-state index contributed by atoms with van der Waals surface area (Å²) in [5.41, 5.74) is 4.45. The van der Waals surface area contributed by atoms with Gasteiger partial charge in [-0.15, -0.1) is 0 Å². The molecule has 0 unspecified atom stereocenters. The summed E-state index contributed by atoms with van der Waals surface area (Å²) in [6, 6.07) is 2.13. The molecule has 0 saturated heterocycles. The third kappa shape index (κ3) is 2.70. The third-order valence-corrected chi connectivity index (χ3v) is 3.79. The normalized spacial score (nSPS) is 15.4. The largest absolute Gasteiger partial charge is 0.507 e. The van der Waals surface area contributed by atoms with Crippen LogP contribution >= 0.6 is 0 Å². The van der Waals surface area contributed by atoms with E-state index in [1.54, 1.807) is 0 Å². The van der Waals surface area contributed by atoms with Gasteiger partial charge >= 0.3 is 0 Å². The Balaban J connectivity index is 2.38. The van der Waals surface area contributed by atoms with E-state index in [0.29, 0.717) is 5.75 Å². The summed E-state index contributed by atoms with van der Waals surface area (Å²) in [5, 5.41) is 17.0. The predicted octanol–water partition coefficient (Wildman–Crippen LogP) is 2.84. The van der Waals surface area contributed by atoms with Crippen molar-refractivity contribution in [2.75, 3.05) is 0 Å². The van der Waals surface area contributed by atoms with Crippen LogP contribution in [0, 0.1) is 13.8 Å². The lowest BCUT2D eigenvalue weighted by Gasteiger charge is -2.25. The Kier molecular flexibility index (Phi) is 3.48. The minimum Gasteiger partial charge on any atom is -0.507 e. The maximum Gasteiger partial charge on any atom is 0.122 e. The molecule has 0 aromatic heterocycles. The molecule has 0 bridgehead atoms. The fourth-order valence-corrected chi connectivity index (χ4v) is 2.60. The first-order valence-corrected chi connectivity index (χ1v) is 6.80. The Morgan fingerprint density at radius 1 is 1.16 bits per heavy atom. The van der Waals surface area contributed by atoms with Crippen LogP contribution in [0.5, 0.6) is 5.75 Å². The number of rotatable bonds is 2. The first kappa shape index (κ1) is 13.8. The van der Waals surface area contributed by atoms with Gasteiger partial charge in [-0.2, -0.15) is 0 Å². The number of hydrogen-bond acceptors (Lipinski definition) is 3. The van der Waals surface area contributed by atoms with Gasteiger partial charge in [-0.3, -0.25) is 0 Å². The summed E-state index contributed by atoms with van der Waals surface area (Å²) >= 11 is 0. The molecule has 0 atom stereocenters. The average Bonchev–Trinajstić information content (AvgIpc) is 2.80. The topological polar surface area (TPSA) is 44.3 Å². The van der Waals surface area contributed by atoms with Crippen LogP contribution in [-0.2, 0) is 11.8 Å². The van der Waals surface area contributed by atoms with Gasteiger partial charge in [-0.05, 0) is 41.5 Å². The summed E-state index contributed by atoms with van der Waals surface area (Å²) < 4.78 is 0. The Bertz CT molecular complexity index is 504. The molecule has 0 spiro atoms. The molecular weight excluding hydrogens is 236 g/mol. The van der Waals surface area contributed by atoms with Crippen LogP contribution in [0.2, 0.25) is 0 Å². The van der Waals surface area contributed by atoms with Crippen LogP contribution in [0.15, 0.2) is 18.5 Å². The highest BCUT2D eigenvalue weighted by atomic mass is 16.3. The summed E-state index contributed by atoms with van der Waals surface area (Å²) in [5.74, 6) is 0.444. The lowest BCUT2D eigenvalue weighted by Crippen LogP contribution is -2.33. The van der Waals surface area contributed by atoms with Gasteiger partial charge in [0.25, 0.3) is 0 Å². The van der Waals surface area contributed by atoms with Crippen molar-refractivity contribution in [3.05, 3.63) is 40.7 Å². The molecule has 1 aromatic rings. The average molecular weight is 260 g/mol. The van der Waals surface area contributed by atoms with Crippen LogP contribution in [0.4, 0.5) is 0 Å². The van der Waals surface area contributed by atoms with Gasteiger partial charge in [0.15, 0.2) is 0 Å². The summed E-state index contributed by atoms with van der Waals surface area (Å²) in [7, 11) is 0. The van der Waals surface area contributed by atoms with Crippen molar-refractivity contribution in [1.29, 1.82) is 0 Å². The first-order valence-electron chi connectivity index (χ1n) is 6.80. The van der Waals surface area contributed by atoms with E-state index in [-0.39, 0.29) is 11.6 Å². The molecule has 0 saturated carbocycles. The minimum absolute atomic E-state index is 0.0381. The number of aryl methyl sites for hydroxylation is 1. The maximum atomic E-state index is 10.5. The molecule has 1 aromatic carbocycles. The number of phenols is 1. The van der Waals surface area contributed by atoms with E-state index in [4.69, 9.17) is 0 Å². The number of benzene rings is 1. The van der Waals surface area contributed by atoms with Crippen molar-refractivity contribution < 1.29 is 5.11 Å². The lowest BCUT2D eigenvalue weighted by atomic mass is 9.82.